The van der Waals surface area contributed by atoms with E-state index >= 15 is 0 Å². The molecule has 0 N–H and O–H groups in total. The highest BCUT2D eigenvalue weighted by Gasteiger charge is 2.36. The van der Waals surface area contributed by atoms with E-state index < -0.39 is 24.4 Å². The van der Waals surface area contributed by atoms with Crippen LogP contribution in [0.5, 0.6) is 0 Å². The maximum atomic E-state index is 6.59. The highest BCUT2D eigenvalue weighted by Crippen LogP contribution is 2.38. The molecule has 0 heterocycles. The van der Waals surface area contributed by atoms with E-state index in [0.29, 0.717) is 0 Å². The van der Waals surface area contributed by atoms with Gasteiger partial charge in [0.25, 0.3) is 0 Å². The smallest absolute Gasteiger partial charge is 0.338 e. The number of rotatable bonds is 16. The van der Waals surface area contributed by atoms with Gasteiger partial charge < -0.3 is 8.85 Å². The van der Waals surface area contributed by atoms with Gasteiger partial charge in [-0.2, -0.15) is 0 Å². The van der Waals surface area contributed by atoms with Crippen LogP contribution in [0.4, 0.5) is 0 Å². The summed E-state index contributed by atoms with van der Waals surface area (Å²) in [6.45, 7) is 5.71. The van der Waals surface area contributed by atoms with Gasteiger partial charge in [0, 0.05) is 13.2 Å². The molecule has 0 aliphatic heterocycles. The average Bonchev–Trinajstić information content (AvgIpc) is 3.00. The Morgan fingerprint density at radius 2 is 0.744 bits per heavy atom. The Balaban J connectivity index is 1.46. The summed E-state index contributed by atoms with van der Waals surface area (Å²) in [5.41, 5.74) is 0. The lowest BCUT2D eigenvalue weighted by atomic mass is 10.4. The molecule has 0 saturated heterocycles. The van der Waals surface area contributed by atoms with Gasteiger partial charge in [0.1, 0.15) is 0 Å². The van der Waals surface area contributed by atoms with Crippen LogP contribution >= 0.6 is 15.8 Å². The molecule has 0 aliphatic rings. The molecule has 0 fully saturated rings. The fourth-order valence-electron chi connectivity index (χ4n) is 5.24. The van der Waals surface area contributed by atoms with Crippen molar-refractivity contribution in [2.45, 2.75) is 38.8 Å². The number of hydrogen-bond acceptors (Lipinski definition) is 2. The molecule has 0 aromatic heterocycles. The van der Waals surface area contributed by atoms with Gasteiger partial charge in [0.05, 0.1) is 0 Å². The van der Waals surface area contributed by atoms with Gasteiger partial charge in [0.2, 0.25) is 0 Å². The second-order valence-corrected chi connectivity index (χ2v) is 17.7. The zero-order valence-corrected chi connectivity index (χ0v) is 26.2. The Morgan fingerprint density at radius 3 is 1.00 bits per heavy atom. The first-order valence-corrected chi connectivity index (χ1v) is 19.6. The third kappa shape index (κ3) is 8.94. The predicted octanol–water partition coefficient (Wildman–Crippen LogP) is 7.55. The molecule has 0 radical (unpaired) electrons. The van der Waals surface area contributed by atoms with Gasteiger partial charge in [0.15, 0.2) is 0 Å². The lowest BCUT2D eigenvalue weighted by molar-refractivity contribution is 0.182. The van der Waals surface area contributed by atoms with Crippen LogP contribution in [-0.2, 0) is 8.85 Å². The first-order valence-electron chi connectivity index (χ1n) is 14.3. The van der Waals surface area contributed by atoms with E-state index in [4.69, 9.17) is 8.85 Å². The summed E-state index contributed by atoms with van der Waals surface area (Å²) in [5.74, 6) is 0. The number of benzene rings is 4. The van der Waals surface area contributed by atoms with Crippen LogP contribution < -0.4 is 21.2 Å². The Labute approximate surface area is 239 Å². The van der Waals surface area contributed by atoms with Crippen molar-refractivity contribution in [1.82, 2.24) is 0 Å². The summed E-state index contributed by atoms with van der Waals surface area (Å²) in [6.07, 6.45) is 4.60. The van der Waals surface area contributed by atoms with Crippen LogP contribution in [0, 0.1) is 0 Å². The minimum absolute atomic E-state index is 0.392. The molecule has 0 spiro atoms. The van der Waals surface area contributed by atoms with Gasteiger partial charge in [-0.25, -0.2) is 0 Å². The monoisotopic (exact) mass is 572 g/mol. The zero-order valence-electron chi connectivity index (χ0n) is 23.4. The highest BCUT2D eigenvalue weighted by molar-refractivity contribution is 7.73. The second-order valence-electron chi connectivity index (χ2n) is 9.63. The molecule has 4 rings (SSSR count). The van der Waals surface area contributed by atoms with Gasteiger partial charge in [-0.15, -0.1) is 0 Å². The summed E-state index contributed by atoms with van der Waals surface area (Å²) in [4.78, 5) is 0. The molecule has 4 aromatic carbocycles. The van der Waals surface area contributed by atoms with Crippen molar-refractivity contribution in [2.75, 3.05) is 25.5 Å². The Bertz CT molecular complexity index is 1020. The van der Waals surface area contributed by atoms with Crippen molar-refractivity contribution in [3.8, 4) is 0 Å². The van der Waals surface area contributed by atoms with Crippen LogP contribution in [0.1, 0.15) is 26.7 Å². The molecule has 0 aliphatic carbocycles. The van der Waals surface area contributed by atoms with E-state index in [1.54, 1.807) is 0 Å². The van der Waals surface area contributed by atoms with Crippen LogP contribution in [-0.4, -0.2) is 34.1 Å². The molecular weight excluding hydrogens is 530 g/mol. The summed E-state index contributed by atoms with van der Waals surface area (Å²) in [5, 5.41) is 5.82. The van der Waals surface area contributed by atoms with E-state index in [9.17, 15) is 0 Å². The van der Waals surface area contributed by atoms with E-state index in [0.717, 1.165) is 38.1 Å². The molecule has 39 heavy (non-hydrogen) atoms. The lowest BCUT2D eigenvalue weighted by Gasteiger charge is -2.31. The second kappa shape index (κ2) is 16.2. The zero-order chi connectivity index (χ0) is 27.2. The van der Waals surface area contributed by atoms with Gasteiger partial charge in [-0.05, 0) is 88.2 Å². The van der Waals surface area contributed by atoms with E-state index in [1.165, 1.54) is 33.5 Å². The summed E-state index contributed by atoms with van der Waals surface area (Å²) in [7, 11) is -3.10. The van der Waals surface area contributed by atoms with E-state index in [-0.39, 0.29) is 0 Å². The van der Waals surface area contributed by atoms with Crippen molar-refractivity contribution in [2.24, 2.45) is 0 Å². The quantitative estimate of drug-likeness (QED) is 0.102. The molecule has 0 unspecified atom stereocenters. The molecule has 4 aromatic rings. The Kier molecular flexibility index (Phi) is 12.4. The van der Waals surface area contributed by atoms with E-state index in [2.05, 4.69) is 135 Å². The first kappa shape index (κ1) is 29.8. The van der Waals surface area contributed by atoms with Crippen molar-refractivity contribution in [1.29, 1.82) is 0 Å². The maximum Gasteiger partial charge on any atom is 0.338 e. The van der Waals surface area contributed by atoms with Gasteiger partial charge in [-0.3, -0.25) is 0 Å². The first-order chi connectivity index (χ1) is 19.2. The van der Waals surface area contributed by atoms with Crippen LogP contribution in [0.15, 0.2) is 121 Å². The molecule has 2 nitrogen and oxygen atoms in total. The molecular formula is C34H42O2P2Si. The summed E-state index contributed by atoms with van der Waals surface area (Å²) >= 11 is 0. The third-order valence-electron chi connectivity index (χ3n) is 6.97. The van der Waals surface area contributed by atoms with Crippen molar-refractivity contribution < 1.29 is 8.85 Å². The van der Waals surface area contributed by atoms with Gasteiger partial charge in [-0.1, -0.05) is 121 Å². The SMILES string of the molecule is CCO[Si](CCCP(c1ccccc1)c1ccccc1)(CCCP(c1ccccc1)c1ccccc1)OCC. The van der Waals surface area contributed by atoms with Gasteiger partial charge >= 0.3 is 8.56 Å². The molecule has 0 atom stereocenters. The average molecular weight is 573 g/mol. The maximum absolute atomic E-state index is 6.59. The third-order valence-corrected chi connectivity index (χ3v) is 16.0. The fraction of sp³-hybridized carbons (Fsp3) is 0.294. The fourth-order valence-corrected chi connectivity index (χ4v) is 13.9. The van der Waals surface area contributed by atoms with Crippen molar-refractivity contribution >= 4 is 45.6 Å². The van der Waals surface area contributed by atoms with Crippen LogP contribution in [0.3, 0.4) is 0 Å². The Morgan fingerprint density at radius 1 is 0.462 bits per heavy atom. The minimum atomic E-state index is -2.31. The molecule has 5 heteroatoms. The largest absolute Gasteiger partial charge is 0.394 e. The van der Waals surface area contributed by atoms with E-state index in [1.807, 2.05) is 0 Å². The highest BCUT2D eigenvalue weighted by atomic mass is 31.1. The van der Waals surface area contributed by atoms with Crippen molar-refractivity contribution in [3.05, 3.63) is 121 Å². The molecule has 0 bridgehead atoms. The summed E-state index contributed by atoms with van der Waals surface area (Å²) < 4.78 is 13.2. The molecule has 204 valence electrons. The van der Waals surface area contributed by atoms with Crippen LogP contribution in [0.25, 0.3) is 0 Å². The summed E-state index contributed by atoms with van der Waals surface area (Å²) in [6, 6.07) is 46.3. The number of hydrogen-bond donors (Lipinski definition) is 0. The Hall–Kier alpha value is -2.12. The lowest BCUT2D eigenvalue weighted by Crippen LogP contribution is -2.42. The van der Waals surface area contributed by atoms with Crippen LogP contribution in [0.2, 0.25) is 12.1 Å². The normalized spacial score (nSPS) is 11.8. The minimum Gasteiger partial charge on any atom is -0.394 e. The molecule has 0 saturated carbocycles. The predicted molar refractivity (Wildman–Crippen MR) is 176 cm³/mol. The topological polar surface area (TPSA) is 18.5 Å². The van der Waals surface area contributed by atoms with Crippen molar-refractivity contribution in [3.63, 3.8) is 0 Å². The molecule has 0 amide bonds. The standard InChI is InChI=1S/C34H42O2P2Si/c1-3-35-39(36-4-2,29-17-27-37(31-19-9-5-10-20-31)32-21-11-6-12-22-32)30-18-28-38(33-23-13-7-14-24-33)34-25-15-8-16-26-34/h5-16,19-26H,3-4,17-18,27-30H2,1-2H3.